The number of methoxy groups -OCH3 is 3. The Morgan fingerprint density at radius 2 is 1.47 bits per heavy atom. The van der Waals surface area contributed by atoms with Crippen molar-refractivity contribution in [3.8, 4) is 28.7 Å². The molecule has 0 fully saturated rings. The van der Waals surface area contributed by atoms with Gasteiger partial charge in [0.15, 0.2) is 18.1 Å². The molecule has 0 bridgehead atoms. The van der Waals surface area contributed by atoms with Crippen molar-refractivity contribution in [1.29, 1.82) is 0 Å². The number of hydrazone groups is 1. The Kier molecular flexibility index (Phi) is 8.88. The van der Waals surface area contributed by atoms with Gasteiger partial charge in [0, 0.05) is 0 Å². The fraction of sp³-hybridized carbons (Fsp3) is 0.222. The third-order valence-electron chi connectivity index (χ3n) is 5.24. The molecular formula is C27H28N2O7. The Morgan fingerprint density at radius 1 is 0.833 bits per heavy atom. The van der Waals surface area contributed by atoms with Crippen molar-refractivity contribution in [2.45, 2.75) is 13.8 Å². The van der Waals surface area contributed by atoms with E-state index in [4.69, 9.17) is 23.7 Å². The lowest BCUT2D eigenvalue weighted by Gasteiger charge is -2.13. The maximum atomic E-state index is 12.6. The highest BCUT2D eigenvalue weighted by Crippen LogP contribution is 2.38. The summed E-state index contributed by atoms with van der Waals surface area (Å²) in [5.74, 6) is 1.04. The van der Waals surface area contributed by atoms with Crippen molar-refractivity contribution in [2.24, 2.45) is 5.10 Å². The Balaban J connectivity index is 1.54. The molecule has 188 valence electrons. The van der Waals surface area contributed by atoms with Crippen LogP contribution >= 0.6 is 0 Å². The number of carbonyl (C=O) groups is 2. The Morgan fingerprint density at radius 3 is 2.06 bits per heavy atom. The third kappa shape index (κ3) is 6.75. The first-order chi connectivity index (χ1) is 17.3. The van der Waals surface area contributed by atoms with E-state index in [0.717, 1.165) is 11.1 Å². The predicted molar refractivity (Wildman–Crippen MR) is 135 cm³/mol. The lowest BCUT2D eigenvalue weighted by Crippen LogP contribution is -2.24. The fourth-order valence-corrected chi connectivity index (χ4v) is 3.15. The highest BCUT2D eigenvalue weighted by Gasteiger charge is 2.18. The number of nitrogens with one attached hydrogen (secondary N) is 1. The fourth-order valence-electron chi connectivity index (χ4n) is 3.15. The monoisotopic (exact) mass is 492 g/mol. The van der Waals surface area contributed by atoms with E-state index >= 15 is 0 Å². The summed E-state index contributed by atoms with van der Waals surface area (Å²) in [6, 6.07) is 15.3. The summed E-state index contributed by atoms with van der Waals surface area (Å²) >= 11 is 0. The molecule has 0 spiro atoms. The smallest absolute Gasteiger partial charge is 0.343 e. The second-order valence-electron chi connectivity index (χ2n) is 7.70. The Bertz CT molecular complexity index is 1230. The van der Waals surface area contributed by atoms with Crippen LogP contribution in [0.15, 0.2) is 59.7 Å². The molecule has 1 amide bonds. The minimum absolute atomic E-state index is 0.157. The molecule has 3 rings (SSSR count). The number of amides is 1. The largest absolute Gasteiger partial charge is 0.493 e. The quantitative estimate of drug-likeness (QED) is 0.197. The minimum atomic E-state index is -0.591. The molecular weight excluding hydrogens is 464 g/mol. The zero-order chi connectivity index (χ0) is 26.1. The number of rotatable bonds is 10. The van der Waals surface area contributed by atoms with Crippen LogP contribution < -0.4 is 29.1 Å². The third-order valence-corrected chi connectivity index (χ3v) is 5.24. The molecule has 0 aliphatic carbocycles. The van der Waals surface area contributed by atoms with Crippen LogP contribution in [0.3, 0.4) is 0 Å². The highest BCUT2D eigenvalue weighted by molar-refractivity contribution is 5.93. The van der Waals surface area contributed by atoms with Crippen LogP contribution in [0.4, 0.5) is 0 Å². The molecule has 0 saturated carbocycles. The van der Waals surface area contributed by atoms with Gasteiger partial charge in [0.25, 0.3) is 5.91 Å². The predicted octanol–water partition coefficient (Wildman–Crippen LogP) is 4.08. The summed E-state index contributed by atoms with van der Waals surface area (Å²) in [6.07, 6.45) is 1.47. The van der Waals surface area contributed by atoms with E-state index < -0.39 is 5.97 Å². The molecule has 0 aliphatic heterocycles. The van der Waals surface area contributed by atoms with Gasteiger partial charge in [-0.3, -0.25) is 4.79 Å². The van der Waals surface area contributed by atoms with E-state index in [1.54, 1.807) is 24.3 Å². The van der Waals surface area contributed by atoms with Gasteiger partial charge in [-0.1, -0.05) is 6.07 Å². The van der Waals surface area contributed by atoms with Crippen molar-refractivity contribution in [2.75, 3.05) is 27.9 Å². The van der Waals surface area contributed by atoms with Gasteiger partial charge in [-0.05, 0) is 79.1 Å². The molecule has 1 N–H and O–H groups in total. The van der Waals surface area contributed by atoms with E-state index in [1.807, 2.05) is 32.0 Å². The van der Waals surface area contributed by atoms with E-state index in [-0.39, 0.29) is 18.1 Å². The summed E-state index contributed by atoms with van der Waals surface area (Å²) in [6.45, 7) is 3.83. The molecule has 3 aromatic carbocycles. The molecule has 0 saturated heterocycles. The first kappa shape index (κ1) is 26.1. The van der Waals surface area contributed by atoms with Crippen LogP contribution in [0.1, 0.15) is 27.0 Å². The molecule has 0 aliphatic rings. The van der Waals surface area contributed by atoms with Gasteiger partial charge in [0.1, 0.15) is 11.5 Å². The molecule has 0 atom stereocenters. The van der Waals surface area contributed by atoms with Gasteiger partial charge in [-0.25, -0.2) is 10.2 Å². The van der Waals surface area contributed by atoms with Crippen LogP contribution in [-0.4, -0.2) is 46.0 Å². The average molecular weight is 493 g/mol. The van der Waals surface area contributed by atoms with E-state index in [0.29, 0.717) is 34.3 Å². The molecule has 3 aromatic rings. The number of hydrogen-bond acceptors (Lipinski definition) is 8. The minimum Gasteiger partial charge on any atom is -0.493 e. The lowest BCUT2D eigenvalue weighted by atomic mass is 10.1. The van der Waals surface area contributed by atoms with Crippen molar-refractivity contribution < 1.29 is 33.3 Å². The van der Waals surface area contributed by atoms with Crippen LogP contribution in [-0.2, 0) is 4.79 Å². The second-order valence-corrected chi connectivity index (χ2v) is 7.70. The van der Waals surface area contributed by atoms with Crippen molar-refractivity contribution >= 4 is 18.1 Å². The molecule has 0 unspecified atom stereocenters. The van der Waals surface area contributed by atoms with Crippen LogP contribution in [0.5, 0.6) is 28.7 Å². The SMILES string of the molecule is COc1cc(C(=O)Oc2ccc(/C=N\NC(=O)COc3ccc(C)c(C)c3)cc2)cc(OC)c1OC. The topological polar surface area (TPSA) is 105 Å². The van der Waals surface area contributed by atoms with Gasteiger partial charge < -0.3 is 23.7 Å². The normalized spacial score (nSPS) is 10.6. The highest BCUT2D eigenvalue weighted by atomic mass is 16.5. The van der Waals surface area contributed by atoms with Crippen molar-refractivity contribution in [3.05, 3.63) is 76.9 Å². The molecule has 0 aromatic heterocycles. The molecule has 9 nitrogen and oxygen atoms in total. The number of esters is 1. The lowest BCUT2D eigenvalue weighted by molar-refractivity contribution is -0.123. The number of ether oxygens (including phenoxy) is 5. The number of carbonyl (C=O) groups excluding carboxylic acids is 2. The molecule has 0 radical (unpaired) electrons. The van der Waals surface area contributed by atoms with Crippen LogP contribution in [0.25, 0.3) is 0 Å². The van der Waals surface area contributed by atoms with Crippen molar-refractivity contribution in [1.82, 2.24) is 5.43 Å². The van der Waals surface area contributed by atoms with Gasteiger partial charge in [0.2, 0.25) is 5.75 Å². The summed E-state index contributed by atoms with van der Waals surface area (Å²) in [5.41, 5.74) is 5.58. The van der Waals surface area contributed by atoms with E-state index in [2.05, 4.69) is 10.5 Å². The Labute approximate surface area is 209 Å². The zero-order valence-corrected chi connectivity index (χ0v) is 20.8. The molecule has 36 heavy (non-hydrogen) atoms. The molecule has 9 heteroatoms. The summed E-state index contributed by atoms with van der Waals surface area (Å²) in [4.78, 5) is 24.6. The summed E-state index contributed by atoms with van der Waals surface area (Å²) in [5, 5.41) is 3.93. The summed E-state index contributed by atoms with van der Waals surface area (Å²) < 4.78 is 26.7. The number of nitrogens with zero attached hydrogens (tertiary/aromatic N) is 1. The first-order valence-electron chi connectivity index (χ1n) is 11.0. The average Bonchev–Trinajstić information content (AvgIpc) is 2.89. The van der Waals surface area contributed by atoms with E-state index in [1.165, 1.54) is 39.7 Å². The zero-order valence-electron chi connectivity index (χ0n) is 20.8. The molecule has 0 heterocycles. The van der Waals surface area contributed by atoms with Gasteiger partial charge in [-0.2, -0.15) is 5.10 Å². The van der Waals surface area contributed by atoms with Crippen LogP contribution in [0, 0.1) is 13.8 Å². The first-order valence-corrected chi connectivity index (χ1v) is 11.0. The van der Waals surface area contributed by atoms with Crippen molar-refractivity contribution in [3.63, 3.8) is 0 Å². The maximum Gasteiger partial charge on any atom is 0.343 e. The Hall–Kier alpha value is -4.53. The summed E-state index contributed by atoms with van der Waals surface area (Å²) in [7, 11) is 4.41. The maximum absolute atomic E-state index is 12.6. The number of hydrogen-bond donors (Lipinski definition) is 1. The number of aryl methyl sites for hydroxylation is 2. The number of benzene rings is 3. The van der Waals surface area contributed by atoms with Gasteiger partial charge in [0.05, 0.1) is 33.1 Å². The van der Waals surface area contributed by atoms with Gasteiger partial charge in [-0.15, -0.1) is 0 Å². The van der Waals surface area contributed by atoms with Gasteiger partial charge >= 0.3 is 5.97 Å². The standard InChI is InChI=1S/C27H28N2O7/c1-17-6-9-22(12-18(17)2)35-16-25(30)29-28-15-19-7-10-21(11-8-19)36-27(31)20-13-23(32-3)26(34-5)24(14-20)33-4/h6-15H,16H2,1-5H3,(H,29,30)/b28-15-. The van der Waals surface area contributed by atoms with Crippen LogP contribution in [0.2, 0.25) is 0 Å². The second kappa shape index (κ2) is 12.3. The van der Waals surface area contributed by atoms with E-state index in [9.17, 15) is 9.59 Å².